The van der Waals surface area contributed by atoms with E-state index in [9.17, 15) is 18.0 Å². The SMILES string of the molecule is O=C(/C=C/C=C/c1c(F)cccc1F)N1CCN(Cc2ccc(F)cc2)CC1. The predicted molar refractivity (Wildman–Crippen MR) is 103 cm³/mol. The van der Waals surface area contributed by atoms with Gasteiger partial charge in [-0.2, -0.15) is 0 Å². The van der Waals surface area contributed by atoms with E-state index < -0.39 is 11.6 Å². The van der Waals surface area contributed by atoms with Gasteiger partial charge in [0.1, 0.15) is 17.5 Å². The summed E-state index contributed by atoms with van der Waals surface area (Å²) in [5, 5.41) is 0. The molecule has 3 nitrogen and oxygen atoms in total. The van der Waals surface area contributed by atoms with Crippen LogP contribution in [0, 0.1) is 17.5 Å². The Morgan fingerprint density at radius 2 is 1.54 bits per heavy atom. The minimum absolute atomic E-state index is 0.131. The zero-order chi connectivity index (χ0) is 19.9. The Bertz CT molecular complexity index is 850. The van der Waals surface area contributed by atoms with Gasteiger partial charge in [-0.15, -0.1) is 0 Å². The number of halogens is 3. The highest BCUT2D eigenvalue weighted by atomic mass is 19.1. The summed E-state index contributed by atoms with van der Waals surface area (Å²) in [5.41, 5.74) is 0.903. The summed E-state index contributed by atoms with van der Waals surface area (Å²) in [6, 6.07) is 10.1. The Balaban J connectivity index is 1.47. The monoisotopic (exact) mass is 386 g/mol. The first-order chi connectivity index (χ1) is 13.5. The summed E-state index contributed by atoms with van der Waals surface area (Å²) in [7, 11) is 0. The highest BCUT2D eigenvalue weighted by Gasteiger charge is 2.19. The predicted octanol–water partition coefficient (Wildman–Crippen LogP) is 4.02. The molecule has 1 heterocycles. The molecule has 146 valence electrons. The second-order valence-corrected chi connectivity index (χ2v) is 6.58. The molecule has 0 radical (unpaired) electrons. The first-order valence-corrected chi connectivity index (χ1v) is 9.07. The molecule has 0 bridgehead atoms. The van der Waals surface area contributed by atoms with E-state index in [4.69, 9.17) is 0 Å². The van der Waals surface area contributed by atoms with Crippen molar-refractivity contribution in [1.82, 2.24) is 9.80 Å². The third kappa shape index (κ3) is 5.33. The number of allylic oxidation sites excluding steroid dienone is 2. The van der Waals surface area contributed by atoms with Crippen LogP contribution in [0.2, 0.25) is 0 Å². The van der Waals surface area contributed by atoms with E-state index in [1.807, 2.05) is 0 Å². The van der Waals surface area contributed by atoms with Gasteiger partial charge in [-0.3, -0.25) is 9.69 Å². The van der Waals surface area contributed by atoms with Crippen LogP contribution in [0.4, 0.5) is 13.2 Å². The lowest BCUT2D eigenvalue weighted by atomic mass is 10.2. The quantitative estimate of drug-likeness (QED) is 0.573. The van der Waals surface area contributed by atoms with Gasteiger partial charge in [0.2, 0.25) is 5.91 Å². The Hall–Kier alpha value is -2.86. The molecule has 1 fully saturated rings. The van der Waals surface area contributed by atoms with Gasteiger partial charge in [0.25, 0.3) is 0 Å². The summed E-state index contributed by atoms with van der Waals surface area (Å²) >= 11 is 0. The number of hydrogen-bond donors (Lipinski definition) is 0. The van der Waals surface area contributed by atoms with Crippen molar-refractivity contribution in [2.75, 3.05) is 26.2 Å². The lowest BCUT2D eigenvalue weighted by Gasteiger charge is -2.34. The fraction of sp³-hybridized carbons (Fsp3) is 0.227. The van der Waals surface area contributed by atoms with Crippen molar-refractivity contribution in [3.05, 3.63) is 89.3 Å². The molecule has 1 saturated heterocycles. The minimum atomic E-state index is -0.645. The molecule has 0 aromatic heterocycles. The smallest absolute Gasteiger partial charge is 0.246 e. The second-order valence-electron chi connectivity index (χ2n) is 6.58. The number of rotatable bonds is 5. The van der Waals surface area contributed by atoms with Gasteiger partial charge in [0.05, 0.1) is 0 Å². The Morgan fingerprint density at radius 3 is 2.18 bits per heavy atom. The van der Waals surface area contributed by atoms with E-state index in [-0.39, 0.29) is 17.3 Å². The van der Waals surface area contributed by atoms with Gasteiger partial charge < -0.3 is 4.90 Å². The van der Waals surface area contributed by atoms with Crippen LogP contribution in [-0.2, 0) is 11.3 Å². The number of piperazine rings is 1. The third-order valence-corrected chi connectivity index (χ3v) is 4.62. The summed E-state index contributed by atoms with van der Waals surface area (Å²) in [6.07, 6.45) is 5.63. The van der Waals surface area contributed by atoms with Crippen LogP contribution in [-0.4, -0.2) is 41.9 Å². The van der Waals surface area contributed by atoms with Crippen molar-refractivity contribution < 1.29 is 18.0 Å². The van der Waals surface area contributed by atoms with Crippen molar-refractivity contribution in [1.29, 1.82) is 0 Å². The van der Waals surface area contributed by atoms with E-state index >= 15 is 0 Å². The largest absolute Gasteiger partial charge is 0.337 e. The number of benzene rings is 2. The summed E-state index contributed by atoms with van der Waals surface area (Å²) < 4.78 is 40.0. The number of carbonyl (C=O) groups excluding carboxylic acids is 1. The van der Waals surface area contributed by atoms with Crippen LogP contribution >= 0.6 is 0 Å². The lowest BCUT2D eigenvalue weighted by molar-refractivity contribution is -0.127. The van der Waals surface area contributed by atoms with Crippen molar-refractivity contribution >= 4 is 12.0 Å². The maximum atomic E-state index is 13.5. The third-order valence-electron chi connectivity index (χ3n) is 4.62. The maximum absolute atomic E-state index is 13.5. The first-order valence-electron chi connectivity index (χ1n) is 9.07. The number of carbonyl (C=O) groups is 1. The molecule has 1 aliphatic rings. The Labute approximate surface area is 162 Å². The fourth-order valence-corrected chi connectivity index (χ4v) is 3.04. The number of hydrogen-bond acceptors (Lipinski definition) is 2. The van der Waals surface area contributed by atoms with E-state index in [0.717, 1.165) is 25.2 Å². The van der Waals surface area contributed by atoms with Gasteiger partial charge in [-0.25, -0.2) is 13.2 Å². The lowest BCUT2D eigenvalue weighted by Crippen LogP contribution is -2.47. The molecule has 0 spiro atoms. The first kappa shape index (κ1) is 19.9. The molecule has 2 aromatic carbocycles. The summed E-state index contributed by atoms with van der Waals surface area (Å²) in [6.45, 7) is 3.36. The van der Waals surface area contributed by atoms with Crippen LogP contribution in [0.5, 0.6) is 0 Å². The Morgan fingerprint density at radius 1 is 0.893 bits per heavy atom. The molecule has 0 saturated carbocycles. The van der Waals surface area contributed by atoms with E-state index in [1.54, 1.807) is 17.0 Å². The van der Waals surface area contributed by atoms with Crippen molar-refractivity contribution in [2.24, 2.45) is 0 Å². The highest BCUT2D eigenvalue weighted by Crippen LogP contribution is 2.14. The van der Waals surface area contributed by atoms with E-state index in [2.05, 4.69) is 4.90 Å². The van der Waals surface area contributed by atoms with Crippen molar-refractivity contribution in [2.45, 2.75) is 6.54 Å². The van der Waals surface area contributed by atoms with Crippen LogP contribution < -0.4 is 0 Å². The molecule has 0 N–H and O–H groups in total. The topological polar surface area (TPSA) is 23.6 Å². The van der Waals surface area contributed by atoms with Crippen LogP contribution in [0.1, 0.15) is 11.1 Å². The fourth-order valence-electron chi connectivity index (χ4n) is 3.04. The molecule has 0 unspecified atom stereocenters. The molecular weight excluding hydrogens is 365 g/mol. The maximum Gasteiger partial charge on any atom is 0.246 e. The van der Waals surface area contributed by atoms with Gasteiger partial charge in [-0.05, 0) is 35.9 Å². The summed E-state index contributed by atoms with van der Waals surface area (Å²) in [5.74, 6) is -1.68. The standard InChI is InChI=1S/C22H21F3N2O/c23-18-10-8-17(9-11-18)16-26-12-14-27(15-13-26)22(28)7-2-1-4-19-20(24)5-3-6-21(19)25/h1-11H,12-16H2/b4-1+,7-2+. The minimum Gasteiger partial charge on any atom is -0.337 e. The second kappa shape index (κ2) is 9.37. The average Bonchev–Trinajstić information content (AvgIpc) is 2.69. The van der Waals surface area contributed by atoms with Crippen molar-refractivity contribution in [3.63, 3.8) is 0 Å². The number of nitrogens with zero attached hydrogens (tertiary/aromatic N) is 2. The van der Waals surface area contributed by atoms with Gasteiger partial charge in [0.15, 0.2) is 0 Å². The molecule has 28 heavy (non-hydrogen) atoms. The molecule has 1 aliphatic heterocycles. The normalized spacial score (nSPS) is 15.6. The van der Waals surface area contributed by atoms with E-state index in [1.165, 1.54) is 54.6 Å². The number of amides is 1. The molecule has 6 heteroatoms. The zero-order valence-electron chi connectivity index (χ0n) is 15.3. The molecule has 1 amide bonds. The van der Waals surface area contributed by atoms with Gasteiger partial charge in [-0.1, -0.05) is 30.4 Å². The zero-order valence-corrected chi connectivity index (χ0v) is 15.3. The van der Waals surface area contributed by atoms with Crippen molar-refractivity contribution in [3.8, 4) is 0 Å². The van der Waals surface area contributed by atoms with Crippen LogP contribution in [0.25, 0.3) is 6.08 Å². The highest BCUT2D eigenvalue weighted by molar-refractivity contribution is 5.88. The van der Waals surface area contributed by atoms with Crippen LogP contribution in [0.3, 0.4) is 0 Å². The summed E-state index contributed by atoms with van der Waals surface area (Å²) in [4.78, 5) is 16.2. The molecule has 2 aromatic rings. The van der Waals surface area contributed by atoms with Gasteiger partial charge >= 0.3 is 0 Å². The Kier molecular flexibility index (Phi) is 6.66. The van der Waals surface area contributed by atoms with Crippen LogP contribution in [0.15, 0.2) is 60.7 Å². The average molecular weight is 386 g/mol. The molecule has 0 aliphatic carbocycles. The molecular formula is C22H21F3N2O. The molecule has 0 atom stereocenters. The van der Waals surface area contributed by atoms with E-state index in [0.29, 0.717) is 13.1 Å². The molecule has 3 rings (SSSR count). The van der Waals surface area contributed by atoms with Gasteiger partial charge in [0, 0.05) is 44.4 Å².